The van der Waals surface area contributed by atoms with Crippen molar-refractivity contribution in [2.24, 2.45) is 5.73 Å². The van der Waals surface area contributed by atoms with Crippen molar-refractivity contribution in [3.63, 3.8) is 0 Å². The number of likely N-dealkylation sites (N-methyl/N-ethyl adjacent to an activating group) is 1. The molecule has 7 nitrogen and oxygen atoms in total. The number of hydrogen-bond donors (Lipinski definition) is 1. The van der Waals surface area contributed by atoms with Crippen LogP contribution >= 0.6 is 0 Å². The van der Waals surface area contributed by atoms with Gasteiger partial charge in [-0.3, -0.25) is 10.1 Å². The van der Waals surface area contributed by atoms with E-state index in [9.17, 15) is 36.1 Å². The van der Waals surface area contributed by atoms with Crippen LogP contribution in [-0.4, -0.2) is 30.7 Å². The molecule has 0 heterocycles. The van der Waals surface area contributed by atoms with Crippen molar-refractivity contribution in [1.29, 1.82) is 0 Å². The zero-order valence-electron chi connectivity index (χ0n) is 15.1. The van der Waals surface area contributed by atoms with Gasteiger partial charge >= 0.3 is 6.18 Å². The average Bonchev–Trinajstić information content (AvgIpc) is 2.65. The minimum atomic E-state index is -4.92. The highest BCUT2D eigenvalue weighted by Crippen LogP contribution is 2.33. The molecule has 2 rings (SSSR count). The van der Waals surface area contributed by atoms with Crippen LogP contribution in [0, 0.1) is 15.9 Å². The summed E-state index contributed by atoms with van der Waals surface area (Å²) in [5.41, 5.74) is 4.01. The van der Waals surface area contributed by atoms with Gasteiger partial charge in [-0.1, -0.05) is 13.0 Å². The zero-order valence-corrected chi connectivity index (χ0v) is 15.9. The Morgan fingerprint density at radius 1 is 1.17 bits per heavy atom. The van der Waals surface area contributed by atoms with Gasteiger partial charge in [0, 0.05) is 31.3 Å². The number of rotatable bonds is 7. The molecule has 0 bridgehead atoms. The Labute approximate surface area is 163 Å². The molecular formula is C17H17F4N3O4S. The van der Waals surface area contributed by atoms with E-state index in [-0.39, 0.29) is 29.2 Å². The number of non-ortho nitro benzene ring substituents is 1. The summed E-state index contributed by atoms with van der Waals surface area (Å²) in [5, 5.41) is 10.7. The first-order chi connectivity index (χ1) is 13.4. The molecule has 2 N–H and O–H groups in total. The quantitative estimate of drug-likeness (QED) is 0.407. The molecule has 0 unspecified atom stereocenters. The van der Waals surface area contributed by atoms with Crippen LogP contribution in [0.3, 0.4) is 0 Å². The Hall–Kier alpha value is -2.57. The van der Waals surface area contributed by atoms with E-state index in [4.69, 9.17) is 5.73 Å². The second-order valence-electron chi connectivity index (χ2n) is 6.05. The largest absolute Gasteiger partial charge is 0.419 e. The maximum atomic E-state index is 13.4. The number of alkyl halides is 3. The third-order valence-corrected chi connectivity index (χ3v) is 6.12. The summed E-state index contributed by atoms with van der Waals surface area (Å²) in [5.74, 6) is -1.46. The molecule has 0 saturated carbocycles. The lowest BCUT2D eigenvalue weighted by atomic mass is 10.0. The third kappa shape index (κ3) is 5.08. The molecule has 0 fully saturated rings. The number of sulfonamides is 1. The second-order valence-corrected chi connectivity index (χ2v) is 7.99. The predicted octanol–water partition coefficient (Wildman–Crippen LogP) is 3.46. The van der Waals surface area contributed by atoms with Crippen molar-refractivity contribution < 1.29 is 30.9 Å². The zero-order chi connectivity index (χ0) is 22.0. The fourth-order valence-corrected chi connectivity index (χ4v) is 4.08. The van der Waals surface area contributed by atoms with Crippen molar-refractivity contribution >= 4 is 15.7 Å². The van der Waals surface area contributed by atoms with E-state index in [0.29, 0.717) is 12.1 Å². The van der Waals surface area contributed by atoms with Crippen LogP contribution in [0.2, 0.25) is 0 Å². The standard InChI is InChI=1S/C17H17F4N3O4S/c1-2-23(29(27,28)13-6-4-12(5-7-13)24(25)26)10-16(22)11-3-8-15(18)14(9-11)17(19,20)21/h3-9,16H,2,10,22H2,1H3/t16-/m1/s1. The van der Waals surface area contributed by atoms with Crippen LogP contribution in [0.1, 0.15) is 24.1 Å². The highest BCUT2D eigenvalue weighted by atomic mass is 32.2. The highest BCUT2D eigenvalue weighted by Gasteiger charge is 2.35. The minimum absolute atomic E-state index is 0.0552. The molecule has 2 aromatic carbocycles. The highest BCUT2D eigenvalue weighted by molar-refractivity contribution is 7.89. The van der Waals surface area contributed by atoms with Crippen LogP contribution in [0.4, 0.5) is 23.2 Å². The minimum Gasteiger partial charge on any atom is -0.323 e. The van der Waals surface area contributed by atoms with E-state index in [1.165, 1.54) is 6.92 Å². The van der Waals surface area contributed by atoms with E-state index < -0.39 is 38.5 Å². The Morgan fingerprint density at radius 3 is 2.24 bits per heavy atom. The molecule has 0 radical (unpaired) electrons. The first-order valence-corrected chi connectivity index (χ1v) is 9.68. The number of nitro groups is 1. The summed E-state index contributed by atoms with van der Waals surface area (Å²) in [6.45, 7) is 1.07. The van der Waals surface area contributed by atoms with Gasteiger partial charge in [0.15, 0.2) is 0 Å². The molecule has 158 valence electrons. The van der Waals surface area contributed by atoms with Crippen LogP contribution in [0.15, 0.2) is 47.4 Å². The molecule has 0 saturated heterocycles. The van der Waals surface area contributed by atoms with E-state index in [2.05, 4.69) is 0 Å². The van der Waals surface area contributed by atoms with Crippen LogP contribution in [0.5, 0.6) is 0 Å². The van der Waals surface area contributed by atoms with Crippen molar-refractivity contribution in [2.45, 2.75) is 24.0 Å². The van der Waals surface area contributed by atoms with Crippen molar-refractivity contribution in [3.8, 4) is 0 Å². The van der Waals surface area contributed by atoms with Gasteiger partial charge in [-0.15, -0.1) is 0 Å². The maximum Gasteiger partial charge on any atom is 0.419 e. The summed E-state index contributed by atoms with van der Waals surface area (Å²) in [6.07, 6.45) is -4.92. The van der Waals surface area contributed by atoms with Gasteiger partial charge in [0.2, 0.25) is 10.0 Å². The number of nitro benzene ring substituents is 1. The molecule has 1 atom stereocenters. The van der Waals surface area contributed by atoms with Crippen LogP contribution < -0.4 is 5.73 Å². The number of nitrogens with zero attached hydrogens (tertiary/aromatic N) is 2. The molecular weight excluding hydrogens is 418 g/mol. The monoisotopic (exact) mass is 435 g/mol. The van der Waals surface area contributed by atoms with Gasteiger partial charge < -0.3 is 5.73 Å². The van der Waals surface area contributed by atoms with Gasteiger partial charge in [-0.25, -0.2) is 12.8 Å². The lowest BCUT2D eigenvalue weighted by molar-refractivity contribution is -0.384. The van der Waals surface area contributed by atoms with Gasteiger partial charge in [-0.05, 0) is 29.8 Å². The molecule has 0 aliphatic heterocycles. The summed E-state index contributed by atoms with van der Waals surface area (Å²) < 4.78 is 78.5. The lowest BCUT2D eigenvalue weighted by Crippen LogP contribution is -2.37. The van der Waals surface area contributed by atoms with Crippen molar-refractivity contribution in [1.82, 2.24) is 4.31 Å². The summed E-state index contributed by atoms with van der Waals surface area (Å²) >= 11 is 0. The molecule has 12 heteroatoms. The smallest absolute Gasteiger partial charge is 0.323 e. The molecule has 0 aromatic heterocycles. The summed E-state index contributed by atoms with van der Waals surface area (Å²) in [7, 11) is -4.11. The number of nitrogens with two attached hydrogens (primary N) is 1. The predicted molar refractivity (Wildman–Crippen MR) is 95.9 cm³/mol. The van der Waals surface area contributed by atoms with Crippen molar-refractivity contribution in [2.75, 3.05) is 13.1 Å². The van der Waals surface area contributed by atoms with Gasteiger partial charge in [0.25, 0.3) is 5.69 Å². The van der Waals surface area contributed by atoms with E-state index in [1.54, 1.807) is 0 Å². The maximum absolute atomic E-state index is 13.4. The van der Waals surface area contributed by atoms with E-state index in [1.807, 2.05) is 0 Å². The molecule has 0 aliphatic rings. The molecule has 29 heavy (non-hydrogen) atoms. The second kappa shape index (κ2) is 8.43. The Balaban J connectivity index is 2.29. The number of benzene rings is 2. The first kappa shape index (κ1) is 22.7. The molecule has 0 spiro atoms. The normalized spacial score (nSPS) is 13.5. The Bertz CT molecular complexity index is 995. The fraction of sp³-hybridized carbons (Fsp3) is 0.294. The van der Waals surface area contributed by atoms with Gasteiger partial charge in [-0.2, -0.15) is 17.5 Å². The first-order valence-electron chi connectivity index (χ1n) is 8.24. The molecule has 2 aromatic rings. The lowest BCUT2D eigenvalue weighted by Gasteiger charge is -2.24. The topological polar surface area (TPSA) is 107 Å². The fourth-order valence-electron chi connectivity index (χ4n) is 2.60. The van der Waals surface area contributed by atoms with Gasteiger partial charge in [0.05, 0.1) is 15.4 Å². The number of halogens is 4. The Kier molecular flexibility index (Phi) is 6.60. The average molecular weight is 435 g/mol. The Morgan fingerprint density at radius 2 is 1.76 bits per heavy atom. The SMILES string of the molecule is CCN(C[C@@H](N)c1ccc(F)c(C(F)(F)F)c1)S(=O)(=O)c1ccc([N+](=O)[O-])cc1. The van der Waals surface area contributed by atoms with Gasteiger partial charge in [0.1, 0.15) is 5.82 Å². The number of hydrogen-bond acceptors (Lipinski definition) is 5. The van der Waals surface area contributed by atoms with E-state index >= 15 is 0 Å². The molecule has 0 aliphatic carbocycles. The summed E-state index contributed by atoms with van der Waals surface area (Å²) in [6, 6.07) is 5.23. The van der Waals surface area contributed by atoms with Crippen LogP contribution in [-0.2, 0) is 16.2 Å². The van der Waals surface area contributed by atoms with Crippen molar-refractivity contribution in [3.05, 3.63) is 69.5 Å². The third-order valence-electron chi connectivity index (χ3n) is 4.16. The van der Waals surface area contributed by atoms with Crippen LogP contribution in [0.25, 0.3) is 0 Å². The summed E-state index contributed by atoms with van der Waals surface area (Å²) in [4.78, 5) is 9.79. The molecule has 0 amide bonds. The van der Waals surface area contributed by atoms with E-state index in [0.717, 1.165) is 34.6 Å².